The molecular formula is C25H22N3+. The molecule has 0 saturated heterocycles. The van der Waals surface area contributed by atoms with Gasteiger partial charge in [-0.25, -0.2) is 9.55 Å². The number of rotatable bonds is 2. The van der Waals surface area contributed by atoms with Crippen molar-refractivity contribution in [2.75, 3.05) is 0 Å². The van der Waals surface area contributed by atoms with Crippen molar-refractivity contribution in [1.29, 1.82) is 0 Å². The van der Waals surface area contributed by atoms with E-state index < -0.39 is 0 Å². The highest BCUT2D eigenvalue weighted by atomic mass is 15.1. The second-order valence-corrected chi connectivity index (χ2v) is 7.36. The van der Waals surface area contributed by atoms with E-state index in [0.29, 0.717) is 0 Å². The minimum atomic E-state index is 1.00. The van der Waals surface area contributed by atoms with E-state index >= 15 is 0 Å². The molecule has 3 nitrogen and oxygen atoms in total. The maximum absolute atomic E-state index is 5.01. The third-order valence-electron chi connectivity index (χ3n) is 5.65. The fourth-order valence-electron chi connectivity index (χ4n) is 4.08. The zero-order valence-corrected chi connectivity index (χ0v) is 16.3. The number of nitrogens with zero attached hydrogens (tertiary/aromatic N) is 3. The Bertz CT molecular complexity index is 1350. The van der Waals surface area contributed by atoms with Crippen molar-refractivity contribution in [2.24, 2.45) is 14.1 Å². The molecule has 0 radical (unpaired) electrons. The van der Waals surface area contributed by atoms with E-state index in [1.807, 2.05) is 0 Å². The highest BCUT2D eigenvalue weighted by Crippen LogP contribution is 2.32. The molecule has 136 valence electrons. The second-order valence-electron chi connectivity index (χ2n) is 7.36. The summed E-state index contributed by atoms with van der Waals surface area (Å²) in [6.07, 6.45) is 2.09. The lowest BCUT2D eigenvalue weighted by atomic mass is 9.99. The minimum Gasteiger partial charge on any atom is -0.327 e. The van der Waals surface area contributed by atoms with Crippen molar-refractivity contribution < 1.29 is 4.57 Å². The normalized spacial score (nSPS) is 11.4. The summed E-state index contributed by atoms with van der Waals surface area (Å²) in [6, 6.07) is 25.7. The topological polar surface area (TPSA) is 21.7 Å². The van der Waals surface area contributed by atoms with E-state index in [0.717, 1.165) is 16.9 Å². The van der Waals surface area contributed by atoms with Crippen LogP contribution in [0.5, 0.6) is 0 Å². The zero-order valence-electron chi connectivity index (χ0n) is 16.3. The molecule has 0 aliphatic heterocycles. The van der Waals surface area contributed by atoms with Crippen molar-refractivity contribution in [2.45, 2.75) is 6.92 Å². The predicted molar refractivity (Wildman–Crippen MR) is 115 cm³/mol. The third-order valence-corrected chi connectivity index (χ3v) is 5.65. The third kappa shape index (κ3) is 2.51. The molecule has 0 atom stereocenters. The molecule has 28 heavy (non-hydrogen) atoms. The average Bonchev–Trinajstić information content (AvgIpc) is 3.03. The lowest BCUT2D eigenvalue weighted by molar-refractivity contribution is -0.660. The van der Waals surface area contributed by atoms with Crippen molar-refractivity contribution in [1.82, 2.24) is 9.55 Å². The Balaban J connectivity index is 1.74. The van der Waals surface area contributed by atoms with Gasteiger partial charge in [0.1, 0.15) is 12.9 Å². The van der Waals surface area contributed by atoms with Gasteiger partial charge in [-0.05, 0) is 47.5 Å². The fourth-order valence-corrected chi connectivity index (χ4v) is 4.08. The molecule has 0 N–H and O–H groups in total. The van der Waals surface area contributed by atoms with Gasteiger partial charge >= 0.3 is 0 Å². The SMILES string of the molecule is Cc1c(-c2nc3cc4ccccc4cc3n2C)cccc1-c1cccc[n+]1C. The highest BCUT2D eigenvalue weighted by molar-refractivity contribution is 5.96. The molecule has 0 unspecified atom stereocenters. The molecule has 0 aliphatic rings. The highest BCUT2D eigenvalue weighted by Gasteiger charge is 2.18. The number of aryl methyl sites for hydroxylation is 2. The van der Waals surface area contributed by atoms with Crippen molar-refractivity contribution >= 4 is 21.8 Å². The number of fused-ring (bicyclic) bond motifs is 2. The van der Waals surface area contributed by atoms with Crippen LogP contribution in [0.25, 0.3) is 44.5 Å². The standard InChI is InChI=1S/C25H22N3/c1-17-20(23-13-6-7-14-27(23)2)11-8-12-21(17)25-26-22-15-18-9-4-5-10-19(18)16-24(22)28(25)3/h4-16H,1-3H3/q+1. The Labute approximate surface area is 164 Å². The number of hydrogen-bond acceptors (Lipinski definition) is 1. The van der Waals surface area contributed by atoms with Gasteiger partial charge in [0.15, 0.2) is 6.20 Å². The van der Waals surface area contributed by atoms with Crippen molar-refractivity contribution in [3.05, 3.63) is 84.6 Å². The van der Waals surface area contributed by atoms with Crippen LogP contribution in [0.2, 0.25) is 0 Å². The van der Waals surface area contributed by atoms with Crippen LogP contribution in [0.3, 0.4) is 0 Å². The summed E-state index contributed by atoms with van der Waals surface area (Å²) >= 11 is 0. The Hall–Kier alpha value is -3.46. The number of hydrogen-bond donors (Lipinski definition) is 0. The number of pyridine rings is 1. The van der Waals surface area contributed by atoms with Crippen LogP contribution in [0.4, 0.5) is 0 Å². The van der Waals surface area contributed by atoms with Crippen LogP contribution in [0.1, 0.15) is 5.56 Å². The van der Waals surface area contributed by atoms with Crippen LogP contribution in [0, 0.1) is 6.92 Å². The van der Waals surface area contributed by atoms with Gasteiger partial charge in [0.05, 0.1) is 11.0 Å². The maximum Gasteiger partial charge on any atom is 0.212 e. The summed E-state index contributed by atoms with van der Waals surface area (Å²) in [5.41, 5.74) is 7.04. The Morgan fingerprint density at radius 3 is 2.32 bits per heavy atom. The Morgan fingerprint density at radius 1 is 0.821 bits per heavy atom. The van der Waals surface area contributed by atoms with Gasteiger partial charge in [-0.3, -0.25) is 0 Å². The quantitative estimate of drug-likeness (QED) is 0.395. The minimum absolute atomic E-state index is 1.00. The van der Waals surface area contributed by atoms with Gasteiger partial charge in [0.25, 0.3) is 0 Å². The van der Waals surface area contributed by atoms with Crippen LogP contribution < -0.4 is 4.57 Å². The van der Waals surface area contributed by atoms with E-state index in [2.05, 4.69) is 109 Å². The Morgan fingerprint density at radius 2 is 1.54 bits per heavy atom. The van der Waals surface area contributed by atoms with Crippen molar-refractivity contribution in [3.63, 3.8) is 0 Å². The molecule has 0 bridgehead atoms. The van der Waals surface area contributed by atoms with Crippen molar-refractivity contribution in [3.8, 4) is 22.6 Å². The van der Waals surface area contributed by atoms with E-state index in [-0.39, 0.29) is 0 Å². The maximum atomic E-state index is 5.01. The first-order valence-electron chi connectivity index (χ1n) is 9.54. The monoisotopic (exact) mass is 364 g/mol. The fraction of sp³-hybridized carbons (Fsp3) is 0.120. The first kappa shape index (κ1) is 16.7. The molecule has 3 aromatic carbocycles. The molecule has 0 amide bonds. The molecule has 2 heterocycles. The van der Waals surface area contributed by atoms with Crippen LogP contribution in [-0.2, 0) is 14.1 Å². The molecule has 5 aromatic rings. The van der Waals surface area contributed by atoms with Gasteiger partial charge in [-0.2, -0.15) is 0 Å². The van der Waals surface area contributed by atoms with Gasteiger partial charge in [-0.15, -0.1) is 0 Å². The van der Waals surface area contributed by atoms with E-state index in [9.17, 15) is 0 Å². The molecule has 0 saturated carbocycles. The molecule has 3 heteroatoms. The first-order chi connectivity index (χ1) is 13.6. The van der Waals surface area contributed by atoms with Crippen LogP contribution in [-0.4, -0.2) is 9.55 Å². The molecule has 0 aliphatic carbocycles. The van der Waals surface area contributed by atoms with Gasteiger partial charge in [0.2, 0.25) is 5.69 Å². The number of imidazole rings is 1. The van der Waals surface area contributed by atoms with E-state index in [1.165, 1.54) is 33.2 Å². The van der Waals surface area contributed by atoms with Gasteiger partial charge in [0, 0.05) is 30.3 Å². The van der Waals surface area contributed by atoms with E-state index in [4.69, 9.17) is 4.98 Å². The van der Waals surface area contributed by atoms with Gasteiger partial charge in [-0.1, -0.05) is 36.4 Å². The Kier molecular flexibility index (Phi) is 3.76. The second kappa shape index (κ2) is 6.31. The van der Waals surface area contributed by atoms with E-state index in [1.54, 1.807) is 0 Å². The molecule has 0 spiro atoms. The number of benzene rings is 3. The molecule has 0 fully saturated rings. The summed E-state index contributed by atoms with van der Waals surface area (Å²) in [5.74, 6) is 1.00. The predicted octanol–water partition coefficient (Wildman–Crippen LogP) is 5.19. The zero-order chi connectivity index (χ0) is 19.3. The molecule has 2 aromatic heterocycles. The largest absolute Gasteiger partial charge is 0.327 e. The summed E-state index contributed by atoms with van der Waals surface area (Å²) in [5, 5.41) is 2.47. The van der Waals surface area contributed by atoms with Crippen LogP contribution in [0.15, 0.2) is 79.0 Å². The summed E-state index contributed by atoms with van der Waals surface area (Å²) < 4.78 is 4.37. The number of aromatic nitrogens is 3. The first-order valence-corrected chi connectivity index (χ1v) is 9.54. The molecular weight excluding hydrogens is 342 g/mol. The lowest BCUT2D eigenvalue weighted by Gasteiger charge is -2.10. The average molecular weight is 364 g/mol. The summed E-state index contributed by atoms with van der Waals surface area (Å²) in [7, 11) is 4.19. The smallest absolute Gasteiger partial charge is 0.212 e. The van der Waals surface area contributed by atoms with Crippen LogP contribution >= 0.6 is 0 Å². The lowest BCUT2D eigenvalue weighted by Crippen LogP contribution is -2.30. The van der Waals surface area contributed by atoms with Gasteiger partial charge < -0.3 is 4.57 Å². The summed E-state index contributed by atoms with van der Waals surface area (Å²) in [4.78, 5) is 5.01. The summed E-state index contributed by atoms with van der Waals surface area (Å²) in [6.45, 7) is 2.19. The molecule has 5 rings (SSSR count).